The minimum Gasteiger partial charge on any atom is -0.467 e. The first-order chi connectivity index (χ1) is 8.13. The minimum atomic E-state index is -0.340. The normalized spacial score (nSPS) is 19.4. The second kappa shape index (κ2) is 4.75. The number of rotatable bonds is 2. The molecule has 1 aromatic rings. The van der Waals surface area contributed by atoms with Gasteiger partial charge in [0.1, 0.15) is 6.04 Å². The second-order valence-corrected chi connectivity index (χ2v) is 4.13. The van der Waals surface area contributed by atoms with E-state index >= 15 is 0 Å². The Morgan fingerprint density at radius 1 is 1.71 bits per heavy atom. The maximum absolute atomic E-state index is 11.6. The summed E-state index contributed by atoms with van der Waals surface area (Å²) < 4.78 is 4.76. The summed E-state index contributed by atoms with van der Waals surface area (Å²) in [5, 5.41) is 0.115. The van der Waals surface area contributed by atoms with Crippen LogP contribution in [0, 0.1) is 0 Å². The summed E-state index contributed by atoms with van der Waals surface area (Å²) in [6, 6.07) is -0.340. The average Bonchev–Trinajstić information content (AvgIpc) is 2.80. The Bertz CT molecular complexity index is 440. The Morgan fingerprint density at radius 2 is 2.47 bits per heavy atom. The first-order valence-electron chi connectivity index (χ1n) is 5.26. The van der Waals surface area contributed by atoms with Crippen LogP contribution in [0.15, 0.2) is 6.20 Å². The number of nitrogens with zero attached hydrogens (tertiary/aromatic N) is 3. The molecule has 0 spiro atoms. The van der Waals surface area contributed by atoms with Gasteiger partial charge in [-0.2, -0.15) is 4.98 Å². The number of hydrogen-bond acceptors (Lipinski definition) is 6. The molecule has 1 aliphatic heterocycles. The van der Waals surface area contributed by atoms with Crippen LogP contribution in [0.2, 0.25) is 5.28 Å². The lowest BCUT2D eigenvalue weighted by molar-refractivity contribution is -0.141. The van der Waals surface area contributed by atoms with Crippen LogP contribution in [0.1, 0.15) is 12.8 Å². The molecule has 1 saturated heterocycles. The molecule has 2 N–H and O–H groups in total. The molecule has 0 amide bonds. The van der Waals surface area contributed by atoms with Crippen molar-refractivity contribution >= 4 is 29.1 Å². The Morgan fingerprint density at radius 3 is 3.18 bits per heavy atom. The van der Waals surface area contributed by atoms with Gasteiger partial charge >= 0.3 is 5.97 Å². The van der Waals surface area contributed by atoms with E-state index in [1.54, 1.807) is 0 Å². The molecule has 1 fully saturated rings. The highest BCUT2D eigenvalue weighted by Gasteiger charge is 2.33. The van der Waals surface area contributed by atoms with Gasteiger partial charge in [0, 0.05) is 6.54 Å². The van der Waals surface area contributed by atoms with Crippen LogP contribution in [-0.2, 0) is 9.53 Å². The van der Waals surface area contributed by atoms with Crippen LogP contribution < -0.4 is 10.6 Å². The Hall–Kier alpha value is -1.56. The van der Waals surface area contributed by atoms with Crippen LogP contribution >= 0.6 is 11.6 Å². The van der Waals surface area contributed by atoms with Crippen LogP contribution in [0.5, 0.6) is 0 Å². The van der Waals surface area contributed by atoms with E-state index in [4.69, 9.17) is 22.1 Å². The molecule has 1 aromatic heterocycles. The van der Waals surface area contributed by atoms with Crippen molar-refractivity contribution in [3.8, 4) is 0 Å². The van der Waals surface area contributed by atoms with Crippen molar-refractivity contribution in [2.45, 2.75) is 18.9 Å². The number of nitrogen functional groups attached to an aromatic ring is 1. The summed E-state index contributed by atoms with van der Waals surface area (Å²) in [5.41, 5.74) is 6.20. The van der Waals surface area contributed by atoms with E-state index in [-0.39, 0.29) is 17.3 Å². The quantitative estimate of drug-likeness (QED) is 0.624. The van der Waals surface area contributed by atoms with Gasteiger partial charge in [-0.25, -0.2) is 9.78 Å². The van der Waals surface area contributed by atoms with Crippen LogP contribution in [-0.4, -0.2) is 35.6 Å². The third-order valence-corrected chi connectivity index (χ3v) is 2.95. The van der Waals surface area contributed by atoms with E-state index < -0.39 is 0 Å². The molecule has 0 saturated carbocycles. The number of anilines is 2. The maximum atomic E-state index is 11.6. The van der Waals surface area contributed by atoms with Gasteiger partial charge in [-0.3, -0.25) is 0 Å². The summed E-state index contributed by atoms with van der Waals surface area (Å²) in [4.78, 5) is 21.3. The number of esters is 1. The minimum absolute atomic E-state index is 0.115. The molecule has 1 aliphatic rings. The second-order valence-electron chi connectivity index (χ2n) is 3.79. The Balaban J connectivity index is 2.32. The van der Waals surface area contributed by atoms with Crippen molar-refractivity contribution < 1.29 is 9.53 Å². The average molecular weight is 257 g/mol. The number of methoxy groups -OCH3 is 1. The highest BCUT2D eigenvalue weighted by Crippen LogP contribution is 2.29. The molecule has 2 rings (SSSR count). The molecule has 7 heteroatoms. The number of halogens is 1. The summed E-state index contributed by atoms with van der Waals surface area (Å²) in [6.45, 7) is 0.706. The third-order valence-electron chi connectivity index (χ3n) is 2.76. The molecule has 1 atom stereocenters. The number of aromatic nitrogens is 2. The molecule has 6 nitrogen and oxygen atoms in total. The van der Waals surface area contributed by atoms with Crippen molar-refractivity contribution in [1.82, 2.24) is 9.97 Å². The van der Waals surface area contributed by atoms with Gasteiger partial charge in [-0.15, -0.1) is 0 Å². The summed E-state index contributed by atoms with van der Waals surface area (Å²) in [6.07, 6.45) is 3.06. The largest absolute Gasteiger partial charge is 0.467 e. The van der Waals surface area contributed by atoms with Crippen molar-refractivity contribution in [2.75, 3.05) is 24.3 Å². The lowest BCUT2D eigenvalue weighted by Gasteiger charge is -2.24. The van der Waals surface area contributed by atoms with Gasteiger partial charge in [-0.05, 0) is 24.4 Å². The fourth-order valence-corrected chi connectivity index (χ4v) is 2.12. The van der Waals surface area contributed by atoms with Gasteiger partial charge in [0.2, 0.25) is 5.28 Å². The van der Waals surface area contributed by atoms with E-state index in [0.29, 0.717) is 18.1 Å². The van der Waals surface area contributed by atoms with E-state index in [9.17, 15) is 4.79 Å². The monoisotopic (exact) mass is 256 g/mol. The third kappa shape index (κ3) is 2.26. The van der Waals surface area contributed by atoms with Crippen LogP contribution in [0.3, 0.4) is 0 Å². The first kappa shape index (κ1) is 11.9. The van der Waals surface area contributed by atoms with Crippen molar-refractivity contribution in [3.05, 3.63) is 11.5 Å². The lowest BCUT2D eigenvalue weighted by atomic mass is 10.2. The van der Waals surface area contributed by atoms with Crippen molar-refractivity contribution in [3.63, 3.8) is 0 Å². The van der Waals surface area contributed by atoms with Crippen molar-refractivity contribution in [1.29, 1.82) is 0 Å². The van der Waals surface area contributed by atoms with Crippen molar-refractivity contribution in [2.24, 2.45) is 0 Å². The molecule has 92 valence electrons. The molecule has 0 bridgehead atoms. The van der Waals surface area contributed by atoms with Gasteiger partial charge in [0.15, 0.2) is 5.82 Å². The van der Waals surface area contributed by atoms with E-state index in [0.717, 1.165) is 12.8 Å². The van der Waals surface area contributed by atoms with E-state index in [2.05, 4.69) is 9.97 Å². The zero-order valence-corrected chi connectivity index (χ0v) is 10.1. The van der Waals surface area contributed by atoms with E-state index in [1.807, 2.05) is 4.90 Å². The SMILES string of the molecule is COC(=O)[C@H]1CCCN1c1nc(Cl)ncc1N. The molecule has 0 unspecified atom stereocenters. The number of carbonyl (C=O) groups is 1. The van der Waals surface area contributed by atoms with Gasteiger partial charge in [0.25, 0.3) is 0 Å². The summed E-state index contributed by atoms with van der Waals surface area (Å²) in [5.74, 6) is 0.217. The summed E-state index contributed by atoms with van der Waals surface area (Å²) >= 11 is 5.74. The highest BCUT2D eigenvalue weighted by molar-refractivity contribution is 6.28. The number of carbonyl (C=O) groups excluding carboxylic acids is 1. The Labute approximate surface area is 104 Å². The molecule has 0 aromatic carbocycles. The first-order valence-corrected chi connectivity index (χ1v) is 5.63. The van der Waals surface area contributed by atoms with Gasteiger partial charge < -0.3 is 15.4 Å². The predicted molar refractivity (Wildman–Crippen MR) is 63.8 cm³/mol. The van der Waals surface area contributed by atoms with E-state index in [1.165, 1.54) is 13.3 Å². The lowest BCUT2D eigenvalue weighted by Crippen LogP contribution is -2.37. The predicted octanol–water partition coefficient (Wildman–Crippen LogP) is 0.854. The molecule has 17 heavy (non-hydrogen) atoms. The highest BCUT2D eigenvalue weighted by atomic mass is 35.5. The molecular formula is C10H13ClN4O2. The number of hydrogen-bond donors (Lipinski definition) is 1. The van der Waals surface area contributed by atoms with Gasteiger partial charge in [0.05, 0.1) is 19.0 Å². The standard InChI is InChI=1S/C10H13ClN4O2/c1-17-9(16)7-3-2-4-15(7)8-6(12)5-13-10(11)14-8/h5,7H,2-4,12H2,1H3/t7-/m1/s1. The molecule has 2 heterocycles. The van der Waals surface area contributed by atoms with Crippen LogP contribution in [0.4, 0.5) is 11.5 Å². The smallest absolute Gasteiger partial charge is 0.328 e. The number of ether oxygens (including phenoxy) is 1. The summed E-state index contributed by atoms with van der Waals surface area (Å²) in [7, 11) is 1.37. The molecular weight excluding hydrogens is 244 g/mol. The maximum Gasteiger partial charge on any atom is 0.328 e. The fourth-order valence-electron chi connectivity index (χ4n) is 1.99. The molecule has 0 aliphatic carbocycles. The topological polar surface area (TPSA) is 81.3 Å². The van der Waals surface area contributed by atoms with Crippen LogP contribution in [0.25, 0.3) is 0 Å². The fraction of sp³-hybridized carbons (Fsp3) is 0.500. The zero-order valence-electron chi connectivity index (χ0n) is 9.39. The van der Waals surface area contributed by atoms with Gasteiger partial charge in [-0.1, -0.05) is 0 Å². The zero-order chi connectivity index (χ0) is 12.4. The number of nitrogens with two attached hydrogens (primary N) is 1. The Kier molecular flexibility index (Phi) is 3.33. The molecule has 0 radical (unpaired) electrons.